The van der Waals surface area contributed by atoms with E-state index in [-0.39, 0.29) is 18.4 Å². The first-order chi connectivity index (χ1) is 16.0. The molecular formula is C26H27N3O3S. The van der Waals surface area contributed by atoms with Crippen molar-refractivity contribution in [2.45, 2.75) is 23.5 Å². The number of thioether (sulfide) groups is 1. The first-order valence-corrected chi connectivity index (χ1v) is 11.8. The van der Waals surface area contributed by atoms with Crippen molar-refractivity contribution in [1.29, 1.82) is 0 Å². The minimum atomic E-state index is -0.199. The number of nitrogens with one attached hydrogen (secondary N) is 2. The first kappa shape index (κ1) is 22.7. The maximum absolute atomic E-state index is 13.0. The number of benzene rings is 3. The zero-order valence-corrected chi connectivity index (χ0v) is 19.5. The lowest BCUT2D eigenvalue weighted by Gasteiger charge is -2.23. The van der Waals surface area contributed by atoms with Crippen LogP contribution in [0.4, 0.5) is 17.1 Å². The van der Waals surface area contributed by atoms with Crippen LogP contribution in [0.1, 0.15) is 23.7 Å². The molecule has 6 nitrogen and oxygen atoms in total. The Labute approximate surface area is 198 Å². The minimum Gasteiger partial charge on any atom is -0.497 e. The van der Waals surface area contributed by atoms with Crippen molar-refractivity contribution in [3.05, 3.63) is 78.4 Å². The zero-order chi connectivity index (χ0) is 23.2. The molecule has 2 amide bonds. The number of carbonyl (C=O) groups excluding carboxylic acids is 2. The van der Waals surface area contributed by atoms with Crippen molar-refractivity contribution in [2.75, 3.05) is 35.7 Å². The third kappa shape index (κ3) is 5.68. The SMILES string of the molecule is COc1ccc(NC(=O)c2ccc(NCC(=O)N3CCC(C)Sc4ccccc43)cc2)cc1. The van der Waals surface area contributed by atoms with Gasteiger partial charge in [0.2, 0.25) is 5.91 Å². The van der Waals surface area contributed by atoms with Crippen molar-refractivity contribution in [3.63, 3.8) is 0 Å². The fourth-order valence-corrected chi connectivity index (χ4v) is 4.75. The van der Waals surface area contributed by atoms with Crippen molar-refractivity contribution < 1.29 is 14.3 Å². The number of nitrogens with zero attached hydrogens (tertiary/aromatic N) is 1. The predicted molar refractivity (Wildman–Crippen MR) is 135 cm³/mol. The van der Waals surface area contributed by atoms with Gasteiger partial charge in [0, 0.05) is 33.6 Å². The number of rotatable bonds is 6. The number of carbonyl (C=O) groups is 2. The smallest absolute Gasteiger partial charge is 0.255 e. The molecule has 1 aliphatic heterocycles. The molecule has 3 aromatic rings. The zero-order valence-electron chi connectivity index (χ0n) is 18.7. The second-order valence-corrected chi connectivity index (χ2v) is 9.32. The van der Waals surface area contributed by atoms with Crippen LogP contribution >= 0.6 is 11.8 Å². The molecule has 7 heteroatoms. The van der Waals surface area contributed by atoms with E-state index in [1.807, 2.05) is 47.0 Å². The van der Waals surface area contributed by atoms with E-state index in [0.29, 0.717) is 23.0 Å². The standard InChI is InChI=1S/C26H27N3O3S/c1-18-15-16-29(23-5-3-4-6-24(23)33-18)25(30)17-27-20-9-7-19(8-10-20)26(31)28-21-11-13-22(32-2)14-12-21/h3-14,18,27H,15-17H2,1-2H3,(H,28,31). The molecule has 0 aliphatic carbocycles. The van der Waals surface area contributed by atoms with Crippen LogP contribution in [0, 0.1) is 0 Å². The highest BCUT2D eigenvalue weighted by molar-refractivity contribution is 8.00. The first-order valence-electron chi connectivity index (χ1n) is 10.9. The second-order valence-electron chi connectivity index (χ2n) is 7.84. The van der Waals surface area contributed by atoms with Crippen LogP contribution in [0.15, 0.2) is 77.7 Å². The van der Waals surface area contributed by atoms with Crippen LogP contribution in [0.5, 0.6) is 5.75 Å². The van der Waals surface area contributed by atoms with Gasteiger partial charge < -0.3 is 20.3 Å². The number of ether oxygens (including phenoxy) is 1. The van der Waals surface area contributed by atoms with Crippen molar-refractivity contribution >= 4 is 40.6 Å². The molecule has 1 atom stereocenters. The Balaban J connectivity index is 1.35. The van der Waals surface area contributed by atoms with E-state index in [2.05, 4.69) is 23.6 Å². The number of hydrogen-bond acceptors (Lipinski definition) is 5. The molecule has 0 aromatic heterocycles. The lowest BCUT2D eigenvalue weighted by atomic mass is 10.2. The molecule has 1 aliphatic rings. The largest absolute Gasteiger partial charge is 0.497 e. The number of amides is 2. The third-order valence-corrected chi connectivity index (χ3v) is 6.72. The highest BCUT2D eigenvalue weighted by Crippen LogP contribution is 2.37. The minimum absolute atomic E-state index is 0.0264. The summed E-state index contributed by atoms with van der Waals surface area (Å²) in [5, 5.41) is 6.52. The van der Waals surface area contributed by atoms with Gasteiger partial charge in [-0.3, -0.25) is 9.59 Å². The monoisotopic (exact) mass is 461 g/mol. The summed E-state index contributed by atoms with van der Waals surface area (Å²) in [5.41, 5.74) is 2.99. The normalized spacial score (nSPS) is 15.2. The topological polar surface area (TPSA) is 70.7 Å². The van der Waals surface area contributed by atoms with Gasteiger partial charge in [0.05, 0.1) is 19.3 Å². The maximum atomic E-state index is 13.0. The van der Waals surface area contributed by atoms with Crippen LogP contribution in [0.25, 0.3) is 0 Å². The van der Waals surface area contributed by atoms with Crippen LogP contribution in [0.3, 0.4) is 0 Å². The number of hydrogen-bond donors (Lipinski definition) is 2. The van der Waals surface area contributed by atoms with Crippen LogP contribution in [-0.2, 0) is 4.79 Å². The van der Waals surface area contributed by atoms with E-state index >= 15 is 0 Å². The Morgan fingerprint density at radius 1 is 1.00 bits per heavy atom. The van der Waals surface area contributed by atoms with Gasteiger partial charge in [0.1, 0.15) is 5.75 Å². The molecule has 0 radical (unpaired) electrons. The van der Waals surface area contributed by atoms with Gasteiger partial charge >= 0.3 is 0 Å². The summed E-state index contributed by atoms with van der Waals surface area (Å²) in [6.45, 7) is 3.08. The molecule has 4 rings (SSSR count). The van der Waals surface area contributed by atoms with Gasteiger partial charge in [-0.1, -0.05) is 19.1 Å². The Morgan fingerprint density at radius 2 is 1.70 bits per heavy atom. The van der Waals surface area contributed by atoms with E-state index in [4.69, 9.17) is 4.74 Å². The summed E-state index contributed by atoms with van der Waals surface area (Å²) in [5.74, 6) is 0.559. The molecule has 2 N–H and O–H groups in total. The summed E-state index contributed by atoms with van der Waals surface area (Å²) >= 11 is 1.82. The molecule has 0 spiro atoms. The van der Waals surface area contributed by atoms with E-state index in [1.54, 1.807) is 43.5 Å². The number of para-hydroxylation sites is 1. The second kappa shape index (κ2) is 10.4. The van der Waals surface area contributed by atoms with E-state index in [1.165, 1.54) is 0 Å². The molecular weight excluding hydrogens is 434 g/mol. The van der Waals surface area contributed by atoms with E-state index in [0.717, 1.165) is 28.4 Å². The average molecular weight is 462 g/mol. The number of methoxy groups -OCH3 is 1. The van der Waals surface area contributed by atoms with Crippen LogP contribution in [-0.4, -0.2) is 37.3 Å². The summed E-state index contributed by atoms with van der Waals surface area (Å²) < 4.78 is 5.13. The quantitative estimate of drug-likeness (QED) is 0.523. The summed E-state index contributed by atoms with van der Waals surface area (Å²) in [4.78, 5) is 28.5. The predicted octanol–water partition coefficient (Wildman–Crippen LogP) is 5.28. The van der Waals surface area contributed by atoms with Gasteiger partial charge in [-0.15, -0.1) is 11.8 Å². The third-order valence-electron chi connectivity index (χ3n) is 5.48. The Morgan fingerprint density at radius 3 is 2.42 bits per heavy atom. The number of anilines is 3. The fraction of sp³-hybridized carbons (Fsp3) is 0.231. The molecule has 0 saturated carbocycles. The van der Waals surface area contributed by atoms with Crippen LogP contribution in [0.2, 0.25) is 0 Å². The lowest BCUT2D eigenvalue weighted by Crippen LogP contribution is -2.36. The van der Waals surface area contributed by atoms with Gasteiger partial charge in [-0.2, -0.15) is 0 Å². The Kier molecular flexibility index (Phi) is 7.19. The average Bonchev–Trinajstić information content (AvgIpc) is 3.01. The van der Waals surface area contributed by atoms with Crippen LogP contribution < -0.4 is 20.3 Å². The molecule has 0 saturated heterocycles. The lowest BCUT2D eigenvalue weighted by molar-refractivity contribution is -0.117. The Hall–Kier alpha value is -3.45. The molecule has 0 bridgehead atoms. The molecule has 0 fully saturated rings. The van der Waals surface area contributed by atoms with Gasteiger partial charge in [-0.25, -0.2) is 0 Å². The summed E-state index contributed by atoms with van der Waals surface area (Å²) in [7, 11) is 1.60. The number of fused-ring (bicyclic) bond motifs is 1. The maximum Gasteiger partial charge on any atom is 0.255 e. The van der Waals surface area contributed by atoms with Crippen molar-refractivity contribution in [3.8, 4) is 5.75 Å². The molecule has 1 unspecified atom stereocenters. The molecule has 3 aromatic carbocycles. The van der Waals surface area contributed by atoms with E-state index in [9.17, 15) is 9.59 Å². The highest BCUT2D eigenvalue weighted by Gasteiger charge is 2.23. The van der Waals surface area contributed by atoms with Gasteiger partial charge in [-0.05, 0) is 67.1 Å². The van der Waals surface area contributed by atoms with Crippen molar-refractivity contribution in [1.82, 2.24) is 0 Å². The molecule has 170 valence electrons. The molecule has 33 heavy (non-hydrogen) atoms. The van der Waals surface area contributed by atoms with E-state index < -0.39 is 0 Å². The summed E-state index contributed by atoms with van der Waals surface area (Å²) in [6.07, 6.45) is 0.948. The van der Waals surface area contributed by atoms with Gasteiger partial charge in [0.25, 0.3) is 5.91 Å². The Bertz CT molecular complexity index is 1120. The van der Waals surface area contributed by atoms with Gasteiger partial charge in [0.15, 0.2) is 0 Å². The fourth-order valence-electron chi connectivity index (χ4n) is 3.64. The molecule has 1 heterocycles. The van der Waals surface area contributed by atoms with Crippen molar-refractivity contribution in [2.24, 2.45) is 0 Å². The highest BCUT2D eigenvalue weighted by atomic mass is 32.2. The summed E-state index contributed by atoms with van der Waals surface area (Å²) in [6, 6.07) is 22.3.